The van der Waals surface area contributed by atoms with E-state index in [2.05, 4.69) is 10.2 Å². The van der Waals surface area contributed by atoms with Crippen LogP contribution in [0, 0.1) is 6.92 Å². The molecule has 0 radical (unpaired) electrons. The fourth-order valence-corrected chi connectivity index (χ4v) is 3.61. The standard InChI is InChI=1S/C22H19N3O3S/c1-16-8-5-6-11-18(16)25-21(19-12-7-13-27-19)23-24-22(25)29-15-20(26)28-14-17-9-3-2-4-10-17/h2-13H,14-15H2,1H3. The van der Waals surface area contributed by atoms with Gasteiger partial charge < -0.3 is 9.15 Å². The summed E-state index contributed by atoms with van der Waals surface area (Å²) in [5.41, 5.74) is 2.95. The molecular weight excluding hydrogens is 386 g/mol. The Labute approximate surface area is 172 Å². The third-order valence-corrected chi connectivity index (χ3v) is 5.20. The monoisotopic (exact) mass is 405 g/mol. The van der Waals surface area contributed by atoms with Crippen LogP contribution in [0.3, 0.4) is 0 Å². The third kappa shape index (κ3) is 4.41. The SMILES string of the molecule is Cc1ccccc1-n1c(SCC(=O)OCc2ccccc2)nnc1-c1ccco1. The summed E-state index contributed by atoms with van der Waals surface area (Å²) in [7, 11) is 0. The van der Waals surface area contributed by atoms with Crippen molar-refractivity contribution in [3.05, 3.63) is 84.1 Å². The van der Waals surface area contributed by atoms with E-state index >= 15 is 0 Å². The number of esters is 1. The zero-order valence-electron chi connectivity index (χ0n) is 15.8. The van der Waals surface area contributed by atoms with Gasteiger partial charge in [0.1, 0.15) is 6.61 Å². The number of furan rings is 1. The molecule has 0 saturated carbocycles. The molecule has 0 N–H and O–H groups in total. The van der Waals surface area contributed by atoms with Gasteiger partial charge in [0.2, 0.25) is 5.82 Å². The van der Waals surface area contributed by atoms with Crippen molar-refractivity contribution in [2.45, 2.75) is 18.7 Å². The van der Waals surface area contributed by atoms with E-state index < -0.39 is 0 Å². The predicted octanol–water partition coefficient (Wildman–Crippen LogP) is 4.67. The fourth-order valence-electron chi connectivity index (χ4n) is 2.86. The number of rotatable bonds is 7. The molecule has 146 valence electrons. The maximum Gasteiger partial charge on any atom is 0.316 e. The Morgan fingerprint density at radius 3 is 2.59 bits per heavy atom. The number of benzene rings is 2. The zero-order valence-corrected chi connectivity index (χ0v) is 16.6. The van der Waals surface area contributed by atoms with Crippen molar-refractivity contribution in [1.82, 2.24) is 14.8 Å². The van der Waals surface area contributed by atoms with Crippen LogP contribution < -0.4 is 0 Å². The van der Waals surface area contributed by atoms with Crippen LogP contribution >= 0.6 is 11.8 Å². The number of aryl methyl sites for hydroxylation is 1. The number of ether oxygens (including phenoxy) is 1. The van der Waals surface area contributed by atoms with E-state index in [0.717, 1.165) is 16.8 Å². The van der Waals surface area contributed by atoms with E-state index in [-0.39, 0.29) is 18.3 Å². The van der Waals surface area contributed by atoms with Crippen molar-refractivity contribution in [1.29, 1.82) is 0 Å². The second-order valence-corrected chi connectivity index (χ2v) is 7.28. The van der Waals surface area contributed by atoms with Crippen LogP contribution in [0.2, 0.25) is 0 Å². The van der Waals surface area contributed by atoms with Gasteiger partial charge in [-0.1, -0.05) is 60.3 Å². The summed E-state index contributed by atoms with van der Waals surface area (Å²) in [6.07, 6.45) is 1.60. The fraction of sp³-hybridized carbons (Fsp3) is 0.136. The highest BCUT2D eigenvalue weighted by molar-refractivity contribution is 7.99. The first-order valence-corrected chi connectivity index (χ1v) is 10.1. The third-order valence-electron chi connectivity index (χ3n) is 4.29. The summed E-state index contributed by atoms with van der Waals surface area (Å²) < 4.78 is 12.8. The molecule has 0 aliphatic rings. The van der Waals surface area contributed by atoms with Gasteiger partial charge in [-0.15, -0.1) is 10.2 Å². The molecule has 2 heterocycles. The van der Waals surface area contributed by atoms with Crippen LogP contribution in [0.1, 0.15) is 11.1 Å². The second kappa shape index (κ2) is 8.79. The first-order valence-electron chi connectivity index (χ1n) is 9.10. The molecule has 0 unspecified atom stereocenters. The largest absolute Gasteiger partial charge is 0.461 e. The Hall–Kier alpha value is -3.32. The van der Waals surface area contributed by atoms with E-state index in [1.165, 1.54) is 11.8 Å². The maximum absolute atomic E-state index is 12.2. The van der Waals surface area contributed by atoms with Crippen LogP contribution in [0.4, 0.5) is 0 Å². The molecule has 0 aliphatic carbocycles. The molecule has 0 spiro atoms. The average Bonchev–Trinajstić information content (AvgIpc) is 3.41. The lowest BCUT2D eigenvalue weighted by atomic mass is 10.2. The molecule has 0 aliphatic heterocycles. The minimum atomic E-state index is -0.308. The van der Waals surface area contributed by atoms with E-state index in [1.54, 1.807) is 12.3 Å². The zero-order chi connectivity index (χ0) is 20.1. The van der Waals surface area contributed by atoms with E-state index in [4.69, 9.17) is 9.15 Å². The van der Waals surface area contributed by atoms with Gasteiger partial charge in [0.15, 0.2) is 10.9 Å². The van der Waals surface area contributed by atoms with Crippen molar-refractivity contribution < 1.29 is 13.9 Å². The van der Waals surface area contributed by atoms with E-state index in [9.17, 15) is 4.79 Å². The highest BCUT2D eigenvalue weighted by Crippen LogP contribution is 2.29. The van der Waals surface area contributed by atoms with Crippen molar-refractivity contribution in [3.8, 4) is 17.3 Å². The molecule has 4 aromatic rings. The van der Waals surface area contributed by atoms with Crippen LogP contribution in [-0.4, -0.2) is 26.5 Å². The molecule has 0 amide bonds. The van der Waals surface area contributed by atoms with Gasteiger partial charge >= 0.3 is 5.97 Å². The quantitative estimate of drug-likeness (QED) is 0.329. The van der Waals surface area contributed by atoms with Crippen LogP contribution in [0.25, 0.3) is 17.3 Å². The second-order valence-electron chi connectivity index (χ2n) is 6.34. The van der Waals surface area contributed by atoms with Crippen molar-refractivity contribution in [2.24, 2.45) is 0 Å². The minimum absolute atomic E-state index is 0.134. The molecule has 7 heteroatoms. The highest BCUT2D eigenvalue weighted by Gasteiger charge is 2.20. The summed E-state index contributed by atoms with van der Waals surface area (Å²) >= 11 is 1.29. The summed E-state index contributed by atoms with van der Waals surface area (Å²) in [6, 6.07) is 21.2. The van der Waals surface area contributed by atoms with Crippen LogP contribution in [0.5, 0.6) is 0 Å². The lowest BCUT2D eigenvalue weighted by molar-refractivity contribution is -0.141. The molecule has 2 aromatic carbocycles. The lowest BCUT2D eigenvalue weighted by Crippen LogP contribution is -2.09. The number of thioether (sulfide) groups is 1. The van der Waals surface area contributed by atoms with Crippen molar-refractivity contribution in [2.75, 3.05) is 5.75 Å². The minimum Gasteiger partial charge on any atom is -0.461 e. The first kappa shape index (κ1) is 19.0. The Balaban J connectivity index is 1.53. The number of carbonyl (C=O) groups excluding carboxylic acids is 1. The molecule has 29 heavy (non-hydrogen) atoms. The molecular formula is C22H19N3O3S. The molecule has 0 saturated heterocycles. The van der Waals surface area contributed by atoms with Gasteiger partial charge in [0.25, 0.3) is 0 Å². The highest BCUT2D eigenvalue weighted by atomic mass is 32.2. The normalized spacial score (nSPS) is 10.8. The van der Waals surface area contributed by atoms with Crippen molar-refractivity contribution >= 4 is 17.7 Å². The van der Waals surface area contributed by atoms with Gasteiger partial charge in [0.05, 0.1) is 17.7 Å². The Morgan fingerprint density at radius 1 is 1.03 bits per heavy atom. The topological polar surface area (TPSA) is 70.2 Å². The van der Waals surface area contributed by atoms with E-state index in [1.807, 2.05) is 72.2 Å². The maximum atomic E-state index is 12.2. The molecule has 0 atom stereocenters. The van der Waals surface area contributed by atoms with Gasteiger partial charge in [-0.25, -0.2) is 0 Å². The number of para-hydroxylation sites is 1. The molecule has 2 aromatic heterocycles. The van der Waals surface area contributed by atoms with E-state index in [0.29, 0.717) is 16.7 Å². The Kier molecular flexibility index (Phi) is 5.76. The molecule has 0 fully saturated rings. The molecule has 0 bridgehead atoms. The van der Waals surface area contributed by atoms with Gasteiger partial charge in [-0.05, 0) is 36.2 Å². The van der Waals surface area contributed by atoms with Gasteiger partial charge in [-0.2, -0.15) is 0 Å². The average molecular weight is 405 g/mol. The Morgan fingerprint density at radius 2 is 1.83 bits per heavy atom. The van der Waals surface area contributed by atoms with Gasteiger partial charge in [-0.3, -0.25) is 9.36 Å². The number of hydrogen-bond acceptors (Lipinski definition) is 6. The first-order chi connectivity index (χ1) is 14.2. The Bertz CT molecular complexity index is 1090. The lowest BCUT2D eigenvalue weighted by Gasteiger charge is -2.11. The van der Waals surface area contributed by atoms with Crippen LogP contribution in [0.15, 0.2) is 82.6 Å². The molecule has 6 nitrogen and oxygen atoms in total. The number of hydrogen-bond donors (Lipinski definition) is 0. The number of nitrogens with zero attached hydrogens (tertiary/aromatic N) is 3. The summed E-state index contributed by atoms with van der Waals surface area (Å²) in [5, 5.41) is 9.18. The summed E-state index contributed by atoms with van der Waals surface area (Å²) in [4.78, 5) is 12.2. The predicted molar refractivity (Wildman–Crippen MR) is 111 cm³/mol. The number of aromatic nitrogens is 3. The smallest absolute Gasteiger partial charge is 0.316 e. The summed E-state index contributed by atoms with van der Waals surface area (Å²) in [5.74, 6) is 1.02. The van der Waals surface area contributed by atoms with Crippen molar-refractivity contribution in [3.63, 3.8) is 0 Å². The van der Waals surface area contributed by atoms with Gasteiger partial charge in [0, 0.05) is 0 Å². The number of carbonyl (C=O) groups is 1. The molecule has 4 rings (SSSR count). The summed E-state index contributed by atoms with van der Waals surface area (Å²) in [6.45, 7) is 2.27. The van der Waals surface area contributed by atoms with Crippen LogP contribution in [-0.2, 0) is 16.1 Å².